The maximum Gasteiger partial charge on any atom is 0.247 e. The summed E-state index contributed by atoms with van der Waals surface area (Å²) in [4.78, 5) is 27.9. The fourth-order valence-electron chi connectivity index (χ4n) is 4.82. The number of piperidine rings is 1. The van der Waals surface area contributed by atoms with Crippen LogP contribution in [0.3, 0.4) is 0 Å². The Morgan fingerprint density at radius 2 is 1.79 bits per heavy atom. The topological polar surface area (TPSA) is 49.4 Å². The molecule has 0 radical (unpaired) electrons. The number of nitrogens with one attached hydrogen (secondary N) is 1. The zero-order valence-corrected chi connectivity index (χ0v) is 17.4. The monoisotopic (exact) mass is 390 g/mol. The second-order valence-electron chi connectivity index (χ2n) is 8.93. The first-order chi connectivity index (χ1) is 14.0. The molecule has 0 aromatic heterocycles. The molecule has 152 valence electrons. The van der Waals surface area contributed by atoms with Gasteiger partial charge < -0.3 is 10.2 Å². The number of rotatable bonds is 4. The molecule has 1 heterocycles. The van der Waals surface area contributed by atoms with E-state index in [4.69, 9.17) is 0 Å². The van der Waals surface area contributed by atoms with Crippen molar-refractivity contribution in [3.63, 3.8) is 0 Å². The van der Waals surface area contributed by atoms with Gasteiger partial charge >= 0.3 is 0 Å². The summed E-state index contributed by atoms with van der Waals surface area (Å²) < 4.78 is 0. The van der Waals surface area contributed by atoms with Gasteiger partial charge in [0, 0.05) is 13.0 Å². The molecule has 1 aliphatic heterocycles. The highest BCUT2D eigenvalue weighted by Gasteiger charge is 2.37. The van der Waals surface area contributed by atoms with Crippen LogP contribution in [0, 0.1) is 0 Å². The van der Waals surface area contributed by atoms with Gasteiger partial charge in [0.25, 0.3) is 0 Å². The SMILES string of the molecule is CC1(C)CCC(NC(=O)C(c2ccccc2)N2CCCCC2=O)c2ccccc21. The van der Waals surface area contributed by atoms with Gasteiger partial charge in [-0.15, -0.1) is 0 Å². The highest BCUT2D eigenvalue weighted by molar-refractivity contribution is 5.89. The number of hydrogen-bond donors (Lipinski definition) is 1. The quantitative estimate of drug-likeness (QED) is 0.825. The van der Waals surface area contributed by atoms with Crippen LogP contribution in [-0.4, -0.2) is 23.3 Å². The Labute approximate surface area is 173 Å². The lowest BCUT2D eigenvalue weighted by molar-refractivity contribution is -0.143. The van der Waals surface area contributed by atoms with Gasteiger partial charge in [-0.25, -0.2) is 0 Å². The van der Waals surface area contributed by atoms with E-state index in [2.05, 4.69) is 37.4 Å². The average Bonchev–Trinajstić information content (AvgIpc) is 2.73. The lowest BCUT2D eigenvalue weighted by Crippen LogP contribution is -2.47. The second kappa shape index (κ2) is 8.02. The molecule has 1 fully saturated rings. The Bertz CT molecular complexity index is 891. The molecule has 1 saturated heterocycles. The third kappa shape index (κ3) is 3.93. The van der Waals surface area contributed by atoms with Crippen LogP contribution in [0.1, 0.15) is 74.7 Å². The zero-order valence-electron chi connectivity index (χ0n) is 17.4. The summed E-state index contributed by atoms with van der Waals surface area (Å²) in [7, 11) is 0. The van der Waals surface area contributed by atoms with E-state index in [0.29, 0.717) is 13.0 Å². The van der Waals surface area contributed by atoms with E-state index in [-0.39, 0.29) is 23.3 Å². The summed E-state index contributed by atoms with van der Waals surface area (Å²) in [6.07, 6.45) is 4.31. The van der Waals surface area contributed by atoms with E-state index in [1.807, 2.05) is 36.4 Å². The van der Waals surface area contributed by atoms with Gasteiger partial charge in [-0.1, -0.05) is 68.4 Å². The summed E-state index contributed by atoms with van der Waals surface area (Å²) >= 11 is 0. The van der Waals surface area contributed by atoms with Crippen LogP contribution in [-0.2, 0) is 15.0 Å². The third-order valence-electron chi connectivity index (χ3n) is 6.48. The molecule has 0 bridgehead atoms. The van der Waals surface area contributed by atoms with E-state index in [9.17, 15) is 9.59 Å². The Morgan fingerprint density at radius 3 is 2.55 bits per heavy atom. The number of amides is 2. The Balaban J connectivity index is 1.63. The van der Waals surface area contributed by atoms with Crippen LogP contribution >= 0.6 is 0 Å². The number of hydrogen-bond acceptors (Lipinski definition) is 2. The van der Waals surface area contributed by atoms with Crippen LogP contribution < -0.4 is 5.32 Å². The van der Waals surface area contributed by atoms with E-state index in [0.717, 1.165) is 31.2 Å². The van der Waals surface area contributed by atoms with E-state index in [1.165, 1.54) is 11.1 Å². The number of nitrogens with zero attached hydrogens (tertiary/aromatic N) is 1. The van der Waals surface area contributed by atoms with Crippen molar-refractivity contribution in [2.24, 2.45) is 0 Å². The summed E-state index contributed by atoms with van der Waals surface area (Å²) in [5, 5.41) is 3.30. The first-order valence-corrected chi connectivity index (χ1v) is 10.7. The van der Waals surface area contributed by atoms with E-state index >= 15 is 0 Å². The summed E-state index contributed by atoms with van der Waals surface area (Å²) in [6, 6.07) is 17.5. The Kier molecular flexibility index (Phi) is 5.44. The van der Waals surface area contributed by atoms with Gasteiger partial charge in [0.15, 0.2) is 0 Å². The van der Waals surface area contributed by atoms with Crippen molar-refractivity contribution >= 4 is 11.8 Å². The fraction of sp³-hybridized carbons (Fsp3) is 0.440. The maximum absolute atomic E-state index is 13.5. The van der Waals surface area contributed by atoms with Crippen molar-refractivity contribution in [2.45, 2.75) is 63.5 Å². The number of fused-ring (bicyclic) bond motifs is 1. The zero-order chi connectivity index (χ0) is 20.4. The van der Waals surface area contributed by atoms with Crippen LogP contribution in [0.25, 0.3) is 0 Å². The molecule has 0 spiro atoms. The molecule has 4 heteroatoms. The minimum absolute atomic E-state index is 0.0159. The molecular formula is C25H30N2O2. The number of carbonyl (C=O) groups is 2. The highest BCUT2D eigenvalue weighted by atomic mass is 16.2. The van der Waals surface area contributed by atoms with Crippen molar-refractivity contribution in [2.75, 3.05) is 6.54 Å². The third-order valence-corrected chi connectivity index (χ3v) is 6.48. The fourth-order valence-corrected chi connectivity index (χ4v) is 4.82. The lowest BCUT2D eigenvalue weighted by Gasteiger charge is -2.39. The van der Waals surface area contributed by atoms with Gasteiger partial charge in [0.1, 0.15) is 6.04 Å². The summed E-state index contributed by atoms with van der Waals surface area (Å²) in [5.41, 5.74) is 3.50. The highest BCUT2D eigenvalue weighted by Crippen LogP contribution is 2.41. The van der Waals surface area contributed by atoms with E-state index in [1.54, 1.807) is 4.90 Å². The number of likely N-dealkylation sites (tertiary alicyclic amines) is 1. The normalized spacial score (nSPS) is 21.9. The van der Waals surface area contributed by atoms with Gasteiger partial charge in [-0.05, 0) is 47.8 Å². The van der Waals surface area contributed by atoms with E-state index < -0.39 is 6.04 Å². The largest absolute Gasteiger partial charge is 0.347 e. The average molecular weight is 391 g/mol. The Morgan fingerprint density at radius 1 is 1.07 bits per heavy atom. The van der Waals surface area contributed by atoms with Crippen molar-refractivity contribution in [3.05, 3.63) is 71.3 Å². The minimum atomic E-state index is -0.564. The van der Waals surface area contributed by atoms with Crippen molar-refractivity contribution < 1.29 is 9.59 Å². The molecule has 2 aliphatic rings. The smallest absolute Gasteiger partial charge is 0.247 e. The molecule has 0 saturated carbocycles. The molecule has 4 rings (SSSR count). The molecule has 29 heavy (non-hydrogen) atoms. The van der Waals surface area contributed by atoms with Crippen molar-refractivity contribution in [1.29, 1.82) is 0 Å². The molecule has 1 aliphatic carbocycles. The lowest BCUT2D eigenvalue weighted by atomic mass is 9.71. The maximum atomic E-state index is 13.5. The minimum Gasteiger partial charge on any atom is -0.347 e. The van der Waals surface area contributed by atoms with Crippen LogP contribution in [0.15, 0.2) is 54.6 Å². The second-order valence-corrected chi connectivity index (χ2v) is 8.93. The standard InChI is InChI=1S/C25H30N2O2/c1-25(2)16-15-21(19-12-6-7-13-20(19)25)26-24(29)23(18-10-4-3-5-11-18)27-17-9-8-14-22(27)28/h3-7,10-13,21,23H,8-9,14-17H2,1-2H3,(H,26,29). The van der Waals surface area contributed by atoms with Crippen LogP contribution in [0.5, 0.6) is 0 Å². The molecule has 1 N–H and O–H groups in total. The molecule has 2 aromatic rings. The first-order valence-electron chi connectivity index (χ1n) is 10.7. The van der Waals surface area contributed by atoms with Gasteiger partial charge in [-0.2, -0.15) is 0 Å². The van der Waals surface area contributed by atoms with Crippen LogP contribution in [0.4, 0.5) is 0 Å². The molecule has 2 amide bonds. The summed E-state index contributed by atoms with van der Waals surface area (Å²) in [6.45, 7) is 5.17. The van der Waals surface area contributed by atoms with Gasteiger partial charge in [-0.3, -0.25) is 9.59 Å². The van der Waals surface area contributed by atoms with Crippen LogP contribution in [0.2, 0.25) is 0 Å². The predicted molar refractivity (Wildman–Crippen MR) is 114 cm³/mol. The number of benzene rings is 2. The molecular weight excluding hydrogens is 360 g/mol. The predicted octanol–water partition coefficient (Wildman–Crippen LogP) is 4.67. The molecule has 2 atom stereocenters. The Hall–Kier alpha value is -2.62. The molecule has 2 unspecified atom stereocenters. The van der Waals surface area contributed by atoms with Crippen molar-refractivity contribution in [3.8, 4) is 0 Å². The molecule has 2 aromatic carbocycles. The summed E-state index contributed by atoms with van der Waals surface area (Å²) in [5.74, 6) is -0.00334. The van der Waals surface area contributed by atoms with Gasteiger partial charge in [0.2, 0.25) is 11.8 Å². The van der Waals surface area contributed by atoms with Gasteiger partial charge in [0.05, 0.1) is 6.04 Å². The molecule has 4 nitrogen and oxygen atoms in total. The first kappa shape index (κ1) is 19.7. The van der Waals surface area contributed by atoms with Crippen molar-refractivity contribution in [1.82, 2.24) is 10.2 Å². The number of carbonyl (C=O) groups excluding carboxylic acids is 2.